The summed E-state index contributed by atoms with van der Waals surface area (Å²) in [5, 5.41) is 28.0. The number of rotatable bonds is 15. The van der Waals surface area contributed by atoms with E-state index in [1.807, 2.05) is 0 Å². The van der Waals surface area contributed by atoms with Crippen molar-refractivity contribution in [3.8, 4) is 0 Å². The molecule has 4 nitrogen and oxygen atoms in total. The van der Waals surface area contributed by atoms with Gasteiger partial charge >= 0.3 is 0 Å². The quantitative estimate of drug-likeness (QED) is 0.400. The molecular weight excluding hydrogens is 292 g/mol. The molecule has 0 rings (SSSR count). The summed E-state index contributed by atoms with van der Waals surface area (Å²) in [6.07, 6.45) is 10.6. The van der Waals surface area contributed by atoms with Gasteiger partial charge in [0.05, 0.1) is 25.4 Å². The van der Waals surface area contributed by atoms with Crippen LogP contribution >= 0.6 is 0 Å². The van der Waals surface area contributed by atoms with Gasteiger partial charge in [0.25, 0.3) is 0 Å². The molecule has 140 valence electrons. The lowest BCUT2D eigenvalue weighted by Crippen LogP contribution is -2.40. The van der Waals surface area contributed by atoms with Gasteiger partial charge < -0.3 is 20.1 Å². The Balaban J connectivity index is 3.68. The van der Waals surface area contributed by atoms with Crippen LogP contribution in [0.25, 0.3) is 0 Å². The lowest BCUT2D eigenvalue weighted by atomic mass is 9.84. The fourth-order valence-electron chi connectivity index (χ4n) is 2.97. The van der Waals surface area contributed by atoms with E-state index in [1.54, 1.807) is 0 Å². The Morgan fingerprint density at radius 2 is 1.22 bits per heavy atom. The molecule has 3 N–H and O–H groups in total. The summed E-state index contributed by atoms with van der Waals surface area (Å²) in [6.45, 7) is 6.80. The van der Waals surface area contributed by atoms with Gasteiger partial charge in [-0.3, -0.25) is 0 Å². The van der Waals surface area contributed by atoms with Gasteiger partial charge in [-0.15, -0.1) is 0 Å². The molecule has 0 fully saturated rings. The van der Waals surface area contributed by atoms with Crippen molar-refractivity contribution in [3.05, 3.63) is 0 Å². The number of ether oxygens (including phenoxy) is 1. The van der Waals surface area contributed by atoms with Gasteiger partial charge in [-0.2, -0.15) is 0 Å². The van der Waals surface area contributed by atoms with Gasteiger partial charge in [-0.1, -0.05) is 72.1 Å². The normalized spacial score (nSPS) is 14.9. The molecule has 0 aliphatic rings. The van der Waals surface area contributed by atoms with E-state index < -0.39 is 6.10 Å². The second-order valence-electron chi connectivity index (χ2n) is 7.64. The minimum Gasteiger partial charge on any atom is -0.396 e. The lowest BCUT2D eigenvalue weighted by Gasteiger charge is -2.34. The molecule has 0 aromatic heterocycles. The van der Waals surface area contributed by atoms with Crippen LogP contribution in [0.15, 0.2) is 0 Å². The molecule has 0 heterocycles. The Morgan fingerprint density at radius 3 is 1.65 bits per heavy atom. The van der Waals surface area contributed by atoms with Crippen LogP contribution in [0.5, 0.6) is 0 Å². The standard InChI is InChI=1S/C19H40O4/c1-19(2,3)18(23-16-15-21)17(22)13-11-9-7-5-4-6-8-10-12-14-20/h17-18,20-22H,4-16H2,1-3H3. The third-order valence-corrected chi connectivity index (χ3v) is 4.25. The summed E-state index contributed by atoms with van der Waals surface area (Å²) >= 11 is 0. The smallest absolute Gasteiger partial charge is 0.0883 e. The van der Waals surface area contributed by atoms with Crippen molar-refractivity contribution in [2.45, 2.75) is 97.2 Å². The van der Waals surface area contributed by atoms with Crippen LogP contribution in [0.2, 0.25) is 0 Å². The van der Waals surface area contributed by atoms with Crippen molar-refractivity contribution in [2.24, 2.45) is 5.41 Å². The minimum absolute atomic E-state index is 0.00238. The Kier molecular flexibility index (Phi) is 14.1. The van der Waals surface area contributed by atoms with E-state index >= 15 is 0 Å². The molecule has 0 bridgehead atoms. The molecule has 0 amide bonds. The molecule has 0 saturated heterocycles. The Labute approximate surface area is 143 Å². The number of hydrogen-bond donors (Lipinski definition) is 3. The molecule has 23 heavy (non-hydrogen) atoms. The van der Waals surface area contributed by atoms with Gasteiger partial charge in [0.15, 0.2) is 0 Å². The summed E-state index contributed by atoms with van der Waals surface area (Å²) < 4.78 is 5.64. The highest BCUT2D eigenvalue weighted by atomic mass is 16.5. The predicted molar refractivity (Wildman–Crippen MR) is 95.5 cm³/mol. The molecule has 4 heteroatoms. The van der Waals surface area contributed by atoms with Gasteiger partial charge in [0.2, 0.25) is 0 Å². The Bertz CT molecular complexity index is 250. The van der Waals surface area contributed by atoms with Crippen LogP contribution in [0.4, 0.5) is 0 Å². The number of unbranched alkanes of at least 4 members (excludes halogenated alkanes) is 8. The average Bonchev–Trinajstić information content (AvgIpc) is 2.48. The molecule has 0 aliphatic carbocycles. The highest BCUT2D eigenvalue weighted by Gasteiger charge is 2.31. The zero-order chi connectivity index (χ0) is 17.6. The SMILES string of the molecule is CC(C)(C)C(OCCO)C(O)CCCCCCCCCCCO. The minimum atomic E-state index is -0.458. The third-order valence-electron chi connectivity index (χ3n) is 4.25. The Hall–Kier alpha value is -0.160. The van der Waals surface area contributed by atoms with E-state index in [0.29, 0.717) is 6.61 Å². The molecule has 0 aliphatic heterocycles. The van der Waals surface area contributed by atoms with E-state index in [9.17, 15) is 5.11 Å². The highest BCUT2D eigenvalue weighted by Crippen LogP contribution is 2.27. The van der Waals surface area contributed by atoms with Crippen molar-refractivity contribution in [3.63, 3.8) is 0 Å². The number of aliphatic hydroxyl groups excluding tert-OH is 3. The predicted octanol–water partition coefficient (Wildman–Crippen LogP) is 3.66. The monoisotopic (exact) mass is 332 g/mol. The summed E-state index contributed by atoms with van der Waals surface area (Å²) in [4.78, 5) is 0. The summed E-state index contributed by atoms with van der Waals surface area (Å²) in [5.41, 5.74) is -0.122. The van der Waals surface area contributed by atoms with Crippen molar-refractivity contribution < 1.29 is 20.1 Å². The molecule has 0 radical (unpaired) electrons. The van der Waals surface area contributed by atoms with Crippen LogP contribution in [0.3, 0.4) is 0 Å². The van der Waals surface area contributed by atoms with Gasteiger partial charge in [-0.05, 0) is 18.3 Å². The zero-order valence-corrected chi connectivity index (χ0v) is 15.6. The van der Waals surface area contributed by atoms with E-state index in [-0.39, 0.29) is 24.7 Å². The van der Waals surface area contributed by atoms with Crippen molar-refractivity contribution in [1.29, 1.82) is 0 Å². The van der Waals surface area contributed by atoms with Crippen LogP contribution in [-0.2, 0) is 4.74 Å². The van der Waals surface area contributed by atoms with Crippen molar-refractivity contribution in [1.82, 2.24) is 0 Å². The molecular formula is C19H40O4. The first-order chi connectivity index (χ1) is 10.9. The maximum absolute atomic E-state index is 10.4. The van der Waals surface area contributed by atoms with Crippen LogP contribution in [0, 0.1) is 5.41 Å². The summed E-state index contributed by atoms with van der Waals surface area (Å²) in [7, 11) is 0. The Morgan fingerprint density at radius 1 is 0.739 bits per heavy atom. The third kappa shape index (κ3) is 12.9. The fraction of sp³-hybridized carbons (Fsp3) is 1.00. The van der Waals surface area contributed by atoms with E-state index in [2.05, 4.69) is 20.8 Å². The van der Waals surface area contributed by atoms with Crippen LogP contribution in [0.1, 0.15) is 85.0 Å². The molecule has 2 atom stereocenters. The highest BCUT2D eigenvalue weighted by molar-refractivity contribution is 4.81. The van der Waals surface area contributed by atoms with Gasteiger partial charge in [0.1, 0.15) is 0 Å². The fourth-order valence-corrected chi connectivity index (χ4v) is 2.97. The average molecular weight is 333 g/mol. The maximum atomic E-state index is 10.4. The largest absolute Gasteiger partial charge is 0.396 e. The number of aliphatic hydroxyl groups is 3. The maximum Gasteiger partial charge on any atom is 0.0883 e. The second-order valence-corrected chi connectivity index (χ2v) is 7.64. The molecule has 0 saturated carbocycles. The van der Waals surface area contributed by atoms with E-state index in [0.717, 1.165) is 32.1 Å². The first-order valence-electron chi connectivity index (χ1n) is 9.45. The van der Waals surface area contributed by atoms with Crippen molar-refractivity contribution >= 4 is 0 Å². The zero-order valence-electron chi connectivity index (χ0n) is 15.6. The lowest BCUT2D eigenvalue weighted by molar-refractivity contribution is -0.101. The topological polar surface area (TPSA) is 69.9 Å². The van der Waals surface area contributed by atoms with Gasteiger partial charge in [-0.25, -0.2) is 0 Å². The first kappa shape index (κ1) is 22.8. The van der Waals surface area contributed by atoms with Crippen LogP contribution in [-0.4, -0.2) is 47.3 Å². The van der Waals surface area contributed by atoms with E-state index in [1.165, 1.54) is 32.1 Å². The summed E-state index contributed by atoms with van der Waals surface area (Å²) in [6, 6.07) is 0. The van der Waals surface area contributed by atoms with Gasteiger partial charge in [0, 0.05) is 6.61 Å². The summed E-state index contributed by atoms with van der Waals surface area (Å²) in [5.74, 6) is 0. The molecule has 0 aromatic carbocycles. The molecule has 0 spiro atoms. The second kappa shape index (κ2) is 14.2. The molecule has 2 unspecified atom stereocenters. The van der Waals surface area contributed by atoms with E-state index in [4.69, 9.17) is 14.9 Å². The van der Waals surface area contributed by atoms with Crippen molar-refractivity contribution in [2.75, 3.05) is 19.8 Å². The molecule has 0 aromatic rings. The first-order valence-corrected chi connectivity index (χ1v) is 9.45. The number of hydrogen-bond acceptors (Lipinski definition) is 4. The van der Waals surface area contributed by atoms with Crippen LogP contribution < -0.4 is 0 Å².